The zero-order chi connectivity index (χ0) is 21.9. The molecule has 2 aromatic rings. The molecular formula is C17H17N5O5S3. The molecule has 10 nitrogen and oxygen atoms in total. The summed E-state index contributed by atoms with van der Waals surface area (Å²) in [6.07, 6.45) is 4.66. The summed E-state index contributed by atoms with van der Waals surface area (Å²) >= 11 is 6.81. The molecule has 1 unspecified atom stereocenters. The van der Waals surface area contributed by atoms with E-state index in [4.69, 9.17) is 21.7 Å². The molecule has 1 aliphatic rings. The number of aromatic nitrogens is 3. The van der Waals surface area contributed by atoms with Gasteiger partial charge in [-0.3, -0.25) is 5.32 Å². The molecule has 1 atom stereocenters. The number of hydrogen-bond donors (Lipinski definition) is 2. The number of amides is 2. The van der Waals surface area contributed by atoms with Crippen molar-refractivity contribution in [3.8, 4) is 11.8 Å². The van der Waals surface area contributed by atoms with Gasteiger partial charge in [0.1, 0.15) is 4.91 Å². The Morgan fingerprint density at radius 2 is 1.87 bits per heavy atom. The van der Waals surface area contributed by atoms with Crippen LogP contribution >= 0.6 is 23.6 Å². The molecule has 0 radical (unpaired) electrons. The summed E-state index contributed by atoms with van der Waals surface area (Å²) in [5.41, 5.74) is 0.654. The van der Waals surface area contributed by atoms with E-state index in [1.54, 1.807) is 12.2 Å². The highest BCUT2D eigenvalue weighted by atomic mass is 32.2. The molecule has 0 bridgehead atoms. The largest absolute Gasteiger partial charge is 0.481 e. The third-order valence-corrected chi connectivity index (χ3v) is 6.66. The molecule has 2 amide bonds. The van der Waals surface area contributed by atoms with Gasteiger partial charge in [-0.15, -0.1) is 11.3 Å². The van der Waals surface area contributed by atoms with E-state index in [-0.39, 0.29) is 27.5 Å². The van der Waals surface area contributed by atoms with E-state index in [2.05, 4.69) is 20.3 Å². The summed E-state index contributed by atoms with van der Waals surface area (Å²) in [5, 5.41) is 4.90. The standard InChI is InChI=1S/C17H17N5O5S3/c1-9-18-11(8-29-9)10-5-4-6-12(15(10)28)30(24,25)22-17(23)21-16-19-13(26-2)7-14(20-16)27-3/h4-8,10H,1-3H3,(H2,19,20,21,22,23). The van der Waals surface area contributed by atoms with Gasteiger partial charge in [0.2, 0.25) is 17.7 Å². The Morgan fingerprint density at radius 3 is 2.43 bits per heavy atom. The van der Waals surface area contributed by atoms with Crippen LogP contribution in [0.5, 0.6) is 11.8 Å². The molecule has 0 aliphatic heterocycles. The fourth-order valence-electron chi connectivity index (χ4n) is 2.53. The molecule has 0 saturated carbocycles. The Bertz CT molecular complexity index is 1130. The SMILES string of the molecule is COc1cc(OC)nc(NC(=O)NS(=O)(=O)C2=CC=CC(c3csc(C)n3)C2=S)n1. The van der Waals surface area contributed by atoms with Crippen LogP contribution in [-0.4, -0.2) is 48.5 Å². The minimum Gasteiger partial charge on any atom is -0.481 e. The molecular weight excluding hydrogens is 450 g/mol. The molecule has 0 fully saturated rings. The number of methoxy groups -OCH3 is 2. The second-order valence-corrected chi connectivity index (χ2v) is 9.04. The number of hydrogen-bond acceptors (Lipinski definition) is 10. The van der Waals surface area contributed by atoms with Crippen molar-refractivity contribution in [2.24, 2.45) is 0 Å². The number of aryl methyl sites for hydroxylation is 1. The Balaban J connectivity index is 1.76. The average Bonchev–Trinajstić information content (AvgIpc) is 3.13. The molecule has 13 heteroatoms. The number of thiocarbonyl (C=S) groups is 1. The molecule has 0 aromatic carbocycles. The van der Waals surface area contributed by atoms with Gasteiger partial charge in [0.15, 0.2) is 0 Å². The Labute approximate surface area is 182 Å². The van der Waals surface area contributed by atoms with E-state index in [1.165, 1.54) is 37.7 Å². The van der Waals surface area contributed by atoms with Gasteiger partial charge >= 0.3 is 6.03 Å². The number of urea groups is 1. The van der Waals surface area contributed by atoms with E-state index < -0.39 is 22.0 Å². The number of rotatable bonds is 6. The lowest BCUT2D eigenvalue weighted by molar-refractivity contribution is 0.256. The molecule has 3 rings (SSSR count). The number of thiazole rings is 1. The van der Waals surface area contributed by atoms with Gasteiger partial charge in [0, 0.05) is 10.2 Å². The fourth-order valence-corrected chi connectivity index (χ4v) is 4.83. The number of carbonyl (C=O) groups is 1. The minimum atomic E-state index is -4.25. The number of anilines is 1. The van der Waals surface area contributed by atoms with Crippen LogP contribution in [0.2, 0.25) is 0 Å². The second kappa shape index (κ2) is 8.85. The lowest BCUT2D eigenvalue weighted by Crippen LogP contribution is -2.38. The summed E-state index contributed by atoms with van der Waals surface area (Å²) in [6.45, 7) is 1.85. The third-order valence-electron chi connectivity index (χ3n) is 3.87. The molecule has 0 spiro atoms. The van der Waals surface area contributed by atoms with Gasteiger partial charge in [0.25, 0.3) is 10.0 Å². The zero-order valence-electron chi connectivity index (χ0n) is 16.1. The lowest BCUT2D eigenvalue weighted by Gasteiger charge is -2.19. The number of nitrogens with zero attached hydrogens (tertiary/aromatic N) is 3. The van der Waals surface area contributed by atoms with Gasteiger partial charge in [-0.25, -0.2) is 22.9 Å². The quantitative estimate of drug-likeness (QED) is 0.614. The second-order valence-electron chi connectivity index (χ2n) is 5.89. The van der Waals surface area contributed by atoms with Crippen LogP contribution in [0.25, 0.3) is 0 Å². The third kappa shape index (κ3) is 4.80. The first kappa shape index (κ1) is 21.8. The number of ether oxygens (including phenoxy) is 2. The van der Waals surface area contributed by atoms with Crippen LogP contribution < -0.4 is 19.5 Å². The monoisotopic (exact) mass is 467 g/mol. The van der Waals surface area contributed by atoms with Crippen LogP contribution in [0.4, 0.5) is 10.7 Å². The molecule has 0 saturated heterocycles. The van der Waals surface area contributed by atoms with Crippen LogP contribution in [-0.2, 0) is 10.0 Å². The van der Waals surface area contributed by atoms with Crippen LogP contribution in [0.3, 0.4) is 0 Å². The first-order valence-electron chi connectivity index (χ1n) is 8.39. The number of nitrogens with one attached hydrogen (secondary N) is 2. The van der Waals surface area contributed by atoms with Crippen molar-refractivity contribution < 1.29 is 22.7 Å². The maximum absolute atomic E-state index is 12.8. The van der Waals surface area contributed by atoms with Crippen molar-refractivity contribution in [2.45, 2.75) is 12.8 Å². The highest BCUT2D eigenvalue weighted by molar-refractivity contribution is 7.97. The number of carbonyl (C=O) groups excluding carboxylic acids is 1. The summed E-state index contributed by atoms with van der Waals surface area (Å²) in [7, 11) is -1.50. The first-order valence-corrected chi connectivity index (χ1v) is 11.2. The minimum absolute atomic E-state index is 0.128. The normalized spacial score (nSPS) is 16.0. The lowest BCUT2D eigenvalue weighted by atomic mass is 9.98. The van der Waals surface area contributed by atoms with Crippen LogP contribution in [0.15, 0.2) is 34.6 Å². The number of allylic oxidation sites excluding steroid dienone is 4. The molecule has 2 aromatic heterocycles. The average molecular weight is 468 g/mol. The summed E-state index contributed by atoms with van der Waals surface area (Å²) in [6, 6.07) is 0.335. The molecule has 30 heavy (non-hydrogen) atoms. The van der Waals surface area contributed by atoms with Crippen molar-refractivity contribution in [1.29, 1.82) is 0 Å². The molecule has 158 valence electrons. The van der Waals surface area contributed by atoms with Crippen molar-refractivity contribution in [1.82, 2.24) is 19.7 Å². The smallest absolute Gasteiger partial charge is 0.335 e. The summed E-state index contributed by atoms with van der Waals surface area (Å²) in [5.74, 6) is -0.421. The Morgan fingerprint density at radius 1 is 1.20 bits per heavy atom. The van der Waals surface area contributed by atoms with Crippen molar-refractivity contribution in [3.63, 3.8) is 0 Å². The van der Waals surface area contributed by atoms with Crippen LogP contribution in [0.1, 0.15) is 16.6 Å². The van der Waals surface area contributed by atoms with E-state index in [0.717, 1.165) is 5.01 Å². The van der Waals surface area contributed by atoms with Crippen LogP contribution in [0, 0.1) is 6.92 Å². The Hall–Kier alpha value is -2.90. The molecule has 2 N–H and O–H groups in total. The van der Waals surface area contributed by atoms with Gasteiger partial charge in [-0.2, -0.15) is 9.97 Å². The summed E-state index contributed by atoms with van der Waals surface area (Å²) in [4.78, 5) is 24.4. The predicted molar refractivity (Wildman–Crippen MR) is 116 cm³/mol. The first-order chi connectivity index (χ1) is 14.2. The molecule has 2 heterocycles. The predicted octanol–water partition coefficient (Wildman–Crippen LogP) is 2.32. The van der Waals surface area contributed by atoms with Gasteiger partial charge in [-0.05, 0) is 13.0 Å². The van der Waals surface area contributed by atoms with Gasteiger partial charge < -0.3 is 9.47 Å². The van der Waals surface area contributed by atoms with E-state index in [1.807, 2.05) is 17.0 Å². The van der Waals surface area contributed by atoms with Crippen molar-refractivity contribution in [3.05, 3.63) is 45.3 Å². The van der Waals surface area contributed by atoms with E-state index >= 15 is 0 Å². The van der Waals surface area contributed by atoms with Crippen molar-refractivity contribution in [2.75, 3.05) is 19.5 Å². The number of sulfonamides is 1. The highest BCUT2D eigenvalue weighted by Crippen LogP contribution is 2.29. The van der Waals surface area contributed by atoms with Gasteiger partial charge in [-0.1, -0.05) is 24.4 Å². The maximum Gasteiger partial charge on any atom is 0.335 e. The van der Waals surface area contributed by atoms with Gasteiger partial charge in [0.05, 0.1) is 36.9 Å². The fraction of sp³-hybridized carbons (Fsp3) is 0.235. The summed E-state index contributed by atoms with van der Waals surface area (Å²) < 4.78 is 37.4. The topological polar surface area (TPSA) is 132 Å². The van der Waals surface area contributed by atoms with E-state index in [0.29, 0.717) is 5.69 Å². The molecule has 1 aliphatic carbocycles. The van der Waals surface area contributed by atoms with Crippen molar-refractivity contribution >= 4 is 50.4 Å². The highest BCUT2D eigenvalue weighted by Gasteiger charge is 2.31. The zero-order valence-corrected chi connectivity index (χ0v) is 18.5. The Kier molecular flexibility index (Phi) is 6.43. The van der Waals surface area contributed by atoms with E-state index in [9.17, 15) is 13.2 Å². The maximum atomic E-state index is 12.8.